The number of carbonyl (C=O) groups is 1. The zero-order valence-electron chi connectivity index (χ0n) is 15.5. The number of nitrogens with zero attached hydrogens (tertiary/aromatic N) is 2. The van der Waals surface area contributed by atoms with E-state index in [1.165, 1.54) is 24.9 Å². The Morgan fingerprint density at radius 1 is 1.12 bits per heavy atom. The molecular formula is C20H31N3O2. The average Bonchev–Trinajstić information content (AvgIpc) is 2.64. The fraction of sp³-hybridized carbons (Fsp3) is 0.650. The van der Waals surface area contributed by atoms with Gasteiger partial charge < -0.3 is 15.0 Å². The minimum Gasteiger partial charge on any atom is -0.497 e. The van der Waals surface area contributed by atoms with Crippen LogP contribution in [-0.2, 0) is 4.79 Å². The van der Waals surface area contributed by atoms with Gasteiger partial charge in [0, 0.05) is 37.9 Å². The maximum absolute atomic E-state index is 12.4. The van der Waals surface area contributed by atoms with Gasteiger partial charge in [0.25, 0.3) is 0 Å². The van der Waals surface area contributed by atoms with Crippen molar-refractivity contribution in [2.75, 3.05) is 44.7 Å². The zero-order valence-corrected chi connectivity index (χ0v) is 15.5. The highest BCUT2D eigenvalue weighted by Crippen LogP contribution is 2.24. The molecule has 3 rings (SSSR count). The normalized spacial score (nSPS) is 24.8. The van der Waals surface area contributed by atoms with Crippen molar-refractivity contribution in [2.24, 2.45) is 5.92 Å². The van der Waals surface area contributed by atoms with Crippen LogP contribution in [0.4, 0.5) is 5.69 Å². The lowest BCUT2D eigenvalue weighted by Crippen LogP contribution is -2.51. The van der Waals surface area contributed by atoms with Crippen molar-refractivity contribution in [3.05, 3.63) is 24.3 Å². The van der Waals surface area contributed by atoms with E-state index in [0.29, 0.717) is 18.5 Å². The predicted molar refractivity (Wildman–Crippen MR) is 101 cm³/mol. The molecule has 1 saturated carbocycles. The number of benzene rings is 1. The predicted octanol–water partition coefficient (Wildman–Crippen LogP) is 2.51. The van der Waals surface area contributed by atoms with Gasteiger partial charge in [0.1, 0.15) is 5.75 Å². The third-order valence-corrected chi connectivity index (χ3v) is 5.63. The van der Waals surface area contributed by atoms with Gasteiger partial charge in [-0.25, -0.2) is 0 Å². The minimum atomic E-state index is 0.191. The standard InChI is InChI=1S/C20H31N3O2/c1-16-5-3-4-6-19(16)21-20(24)15-22-11-13-23(14-12-22)17-7-9-18(25-2)10-8-17/h7-10,16,19H,3-6,11-15H2,1-2H3,(H,21,24)/t16-,19+/m1/s1. The Kier molecular flexibility index (Phi) is 6.19. The summed E-state index contributed by atoms with van der Waals surface area (Å²) in [6, 6.07) is 8.58. The number of piperazine rings is 1. The molecule has 0 spiro atoms. The first-order valence-electron chi connectivity index (χ1n) is 9.56. The number of ether oxygens (including phenoxy) is 1. The smallest absolute Gasteiger partial charge is 0.234 e. The Balaban J connectivity index is 1.43. The Bertz CT molecular complexity index is 553. The van der Waals surface area contributed by atoms with E-state index in [0.717, 1.165) is 38.3 Å². The van der Waals surface area contributed by atoms with E-state index >= 15 is 0 Å². The average molecular weight is 345 g/mol. The summed E-state index contributed by atoms with van der Waals surface area (Å²) in [5, 5.41) is 3.26. The van der Waals surface area contributed by atoms with Gasteiger partial charge in [-0.1, -0.05) is 19.8 Å². The van der Waals surface area contributed by atoms with Crippen LogP contribution in [0.1, 0.15) is 32.6 Å². The number of carbonyl (C=O) groups excluding carboxylic acids is 1. The van der Waals surface area contributed by atoms with Crippen LogP contribution in [0.15, 0.2) is 24.3 Å². The molecular weight excluding hydrogens is 314 g/mol. The van der Waals surface area contributed by atoms with Crippen molar-refractivity contribution in [1.29, 1.82) is 0 Å². The van der Waals surface area contributed by atoms with Crippen LogP contribution in [0.2, 0.25) is 0 Å². The first-order valence-corrected chi connectivity index (χ1v) is 9.56. The molecule has 0 unspecified atom stereocenters. The largest absolute Gasteiger partial charge is 0.497 e. The molecule has 2 fully saturated rings. The maximum atomic E-state index is 12.4. The van der Waals surface area contributed by atoms with E-state index in [2.05, 4.69) is 34.2 Å². The van der Waals surface area contributed by atoms with Crippen LogP contribution in [0, 0.1) is 5.92 Å². The second-order valence-electron chi connectivity index (χ2n) is 7.40. The summed E-state index contributed by atoms with van der Waals surface area (Å²) in [7, 11) is 1.69. The number of rotatable bonds is 5. The van der Waals surface area contributed by atoms with Crippen molar-refractivity contribution in [2.45, 2.75) is 38.6 Å². The molecule has 0 bridgehead atoms. The van der Waals surface area contributed by atoms with Gasteiger partial charge >= 0.3 is 0 Å². The van der Waals surface area contributed by atoms with E-state index < -0.39 is 0 Å². The fourth-order valence-electron chi connectivity index (χ4n) is 3.94. The molecule has 2 atom stereocenters. The highest BCUT2D eigenvalue weighted by Gasteiger charge is 2.24. The molecule has 1 aromatic carbocycles. The second kappa shape index (κ2) is 8.56. The van der Waals surface area contributed by atoms with Gasteiger partial charge in [-0.2, -0.15) is 0 Å². The number of methoxy groups -OCH3 is 1. The Hall–Kier alpha value is -1.75. The summed E-state index contributed by atoms with van der Waals surface area (Å²) < 4.78 is 5.22. The van der Waals surface area contributed by atoms with E-state index in [4.69, 9.17) is 4.74 Å². The molecule has 1 aliphatic carbocycles. The summed E-state index contributed by atoms with van der Waals surface area (Å²) in [6.45, 7) is 6.57. The monoisotopic (exact) mass is 345 g/mol. The zero-order chi connectivity index (χ0) is 17.6. The molecule has 1 aromatic rings. The number of hydrogen-bond acceptors (Lipinski definition) is 4. The highest BCUT2D eigenvalue weighted by atomic mass is 16.5. The topological polar surface area (TPSA) is 44.8 Å². The molecule has 0 radical (unpaired) electrons. The summed E-state index contributed by atoms with van der Waals surface area (Å²) in [6.07, 6.45) is 4.93. The van der Waals surface area contributed by atoms with Gasteiger partial charge in [0.05, 0.1) is 13.7 Å². The Morgan fingerprint density at radius 3 is 2.44 bits per heavy atom. The van der Waals surface area contributed by atoms with E-state index in [1.807, 2.05) is 12.1 Å². The van der Waals surface area contributed by atoms with E-state index in [9.17, 15) is 4.79 Å². The quantitative estimate of drug-likeness (QED) is 0.891. The fourth-order valence-corrected chi connectivity index (χ4v) is 3.94. The van der Waals surface area contributed by atoms with Crippen LogP contribution in [0.25, 0.3) is 0 Å². The SMILES string of the molecule is COc1ccc(N2CCN(CC(=O)N[C@H]3CCCC[C@H]3C)CC2)cc1. The van der Waals surface area contributed by atoms with Crippen molar-refractivity contribution in [3.63, 3.8) is 0 Å². The summed E-state index contributed by atoms with van der Waals surface area (Å²) in [4.78, 5) is 17.0. The molecule has 1 saturated heterocycles. The van der Waals surface area contributed by atoms with Crippen LogP contribution in [0.5, 0.6) is 5.75 Å². The second-order valence-corrected chi connectivity index (χ2v) is 7.40. The van der Waals surface area contributed by atoms with E-state index in [1.54, 1.807) is 7.11 Å². The molecule has 1 N–H and O–H groups in total. The lowest BCUT2D eigenvalue weighted by molar-refractivity contribution is -0.123. The molecule has 5 nitrogen and oxygen atoms in total. The van der Waals surface area contributed by atoms with Gasteiger partial charge in [-0.05, 0) is 43.0 Å². The summed E-state index contributed by atoms with van der Waals surface area (Å²) >= 11 is 0. The van der Waals surface area contributed by atoms with Crippen LogP contribution < -0.4 is 15.0 Å². The molecule has 5 heteroatoms. The lowest BCUT2D eigenvalue weighted by Gasteiger charge is -2.36. The van der Waals surface area contributed by atoms with Gasteiger partial charge in [0.15, 0.2) is 0 Å². The molecule has 25 heavy (non-hydrogen) atoms. The van der Waals surface area contributed by atoms with Crippen LogP contribution >= 0.6 is 0 Å². The minimum absolute atomic E-state index is 0.191. The Morgan fingerprint density at radius 2 is 1.80 bits per heavy atom. The van der Waals surface area contributed by atoms with Gasteiger partial charge in [-0.15, -0.1) is 0 Å². The molecule has 1 amide bonds. The third-order valence-electron chi connectivity index (χ3n) is 5.63. The molecule has 1 aliphatic heterocycles. The lowest BCUT2D eigenvalue weighted by atomic mass is 9.86. The van der Waals surface area contributed by atoms with Crippen LogP contribution in [0.3, 0.4) is 0 Å². The molecule has 138 valence electrons. The van der Waals surface area contributed by atoms with Crippen molar-refractivity contribution in [1.82, 2.24) is 10.2 Å². The summed E-state index contributed by atoms with van der Waals surface area (Å²) in [5.41, 5.74) is 1.22. The first kappa shape index (κ1) is 18.1. The molecule has 1 heterocycles. The third kappa shape index (κ3) is 4.88. The number of hydrogen-bond donors (Lipinski definition) is 1. The maximum Gasteiger partial charge on any atom is 0.234 e. The van der Waals surface area contributed by atoms with Crippen LogP contribution in [-0.4, -0.2) is 56.7 Å². The number of anilines is 1. The molecule has 2 aliphatic rings. The molecule has 0 aromatic heterocycles. The number of amides is 1. The first-order chi connectivity index (χ1) is 12.2. The van der Waals surface area contributed by atoms with Gasteiger partial charge in [0.2, 0.25) is 5.91 Å². The van der Waals surface area contributed by atoms with Gasteiger partial charge in [-0.3, -0.25) is 9.69 Å². The highest BCUT2D eigenvalue weighted by molar-refractivity contribution is 5.78. The number of nitrogens with one attached hydrogen (secondary N) is 1. The van der Waals surface area contributed by atoms with Crippen molar-refractivity contribution in [3.8, 4) is 5.75 Å². The van der Waals surface area contributed by atoms with E-state index in [-0.39, 0.29) is 5.91 Å². The van der Waals surface area contributed by atoms with Crippen molar-refractivity contribution < 1.29 is 9.53 Å². The summed E-state index contributed by atoms with van der Waals surface area (Å²) in [5.74, 6) is 1.69. The van der Waals surface area contributed by atoms with Crippen molar-refractivity contribution >= 4 is 11.6 Å². The Labute approximate surface area is 151 Å².